The molecule has 1 unspecified atom stereocenters. The first kappa shape index (κ1) is 23.2. The molecule has 1 heterocycles. The molecular weight excluding hydrogens is 420 g/mol. The van der Waals surface area contributed by atoms with Gasteiger partial charge in [-0.15, -0.1) is 0 Å². The molecule has 0 radical (unpaired) electrons. The Morgan fingerprint density at radius 1 is 1.09 bits per heavy atom. The van der Waals surface area contributed by atoms with Gasteiger partial charge in [-0.1, -0.05) is 72.3 Å². The van der Waals surface area contributed by atoms with Gasteiger partial charge in [0.1, 0.15) is 11.7 Å². The molecule has 32 heavy (non-hydrogen) atoms. The summed E-state index contributed by atoms with van der Waals surface area (Å²) in [6.07, 6.45) is 5.77. The molecular formula is C26H26N2O3S. The van der Waals surface area contributed by atoms with Crippen LogP contribution in [-0.4, -0.2) is 33.0 Å². The van der Waals surface area contributed by atoms with Crippen LogP contribution < -0.4 is 5.32 Å². The summed E-state index contributed by atoms with van der Waals surface area (Å²) in [5.74, 6) is -1.54. The second kappa shape index (κ2) is 10.2. The van der Waals surface area contributed by atoms with Crippen molar-refractivity contribution in [3.05, 3.63) is 101 Å². The molecule has 2 aromatic carbocycles. The predicted molar refractivity (Wildman–Crippen MR) is 131 cm³/mol. The third-order valence-corrected chi connectivity index (χ3v) is 5.55. The molecule has 0 aromatic heterocycles. The molecule has 5 nitrogen and oxygen atoms in total. The molecule has 1 fully saturated rings. The fourth-order valence-electron chi connectivity index (χ4n) is 3.40. The molecule has 6 heteroatoms. The number of rotatable bonds is 7. The van der Waals surface area contributed by atoms with Gasteiger partial charge < -0.3 is 10.4 Å². The SMILES string of the molecule is CC(=C\C=C(/C)c1ccc(C)cc1)/C=C1/NC(=S)N(C(Cc2ccccc2)C(=O)O)C1=O. The minimum absolute atomic E-state index is 0.101. The first-order chi connectivity index (χ1) is 15.3. The molecule has 164 valence electrons. The van der Waals surface area contributed by atoms with Gasteiger partial charge in [0.15, 0.2) is 5.11 Å². The first-order valence-electron chi connectivity index (χ1n) is 10.3. The lowest BCUT2D eigenvalue weighted by Crippen LogP contribution is -2.46. The number of hydrogen-bond acceptors (Lipinski definition) is 3. The van der Waals surface area contributed by atoms with Gasteiger partial charge in [0.05, 0.1) is 0 Å². The number of amides is 1. The summed E-state index contributed by atoms with van der Waals surface area (Å²) in [4.78, 5) is 26.1. The number of nitrogens with one attached hydrogen (secondary N) is 1. The van der Waals surface area contributed by atoms with E-state index in [2.05, 4.69) is 29.6 Å². The van der Waals surface area contributed by atoms with Gasteiger partial charge >= 0.3 is 5.97 Å². The number of carbonyl (C=O) groups excluding carboxylic acids is 1. The van der Waals surface area contributed by atoms with E-state index >= 15 is 0 Å². The van der Waals surface area contributed by atoms with Gasteiger partial charge in [0, 0.05) is 6.42 Å². The fraction of sp³-hybridized carbons (Fsp3) is 0.192. The van der Waals surface area contributed by atoms with Crippen molar-refractivity contribution in [1.29, 1.82) is 0 Å². The number of allylic oxidation sites excluding steroid dienone is 5. The van der Waals surface area contributed by atoms with E-state index in [1.54, 1.807) is 6.08 Å². The van der Waals surface area contributed by atoms with Gasteiger partial charge in [-0.25, -0.2) is 4.79 Å². The van der Waals surface area contributed by atoms with Crippen LogP contribution in [0.1, 0.15) is 30.5 Å². The van der Waals surface area contributed by atoms with Crippen molar-refractivity contribution >= 4 is 34.8 Å². The molecule has 0 aliphatic carbocycles. The highest BCUT2D eigenvalue weighted by Crippen LogP contribution is 2.20. The van der Waals surface area contributed by atoms with Gasteiger partial charge in [-0.2, -0.15) is 0 Å². The summed E-state index contributed by atoms with van der Waals surface area (Å²) in [5.41, 5.74) is 5.35. The fourth-order valence-corrected chi connectivity index (χ4v) is 3.72. The van der Waals surface area contributed by atoms with E-state index < -0.39 is 17.9 Å². The lowest BCUT2D eigenvalue weighted by atomic mass is 10.0. The van der Waals surface area contributed by atoms with Gasteiger partial charge in [0.2, 0.25) is 0 Å². The van der Waals surface area contributed by atoms with Crippen LogP contribution in [0.5, 0.6) is 0 Å². The first-order valence-corrected chi connectivity index (χ1v) is 10.7. The smallest absolute Gasteiger partial charge is 0.327 e. The number of thiocarbonyl (C=S) groups is 1. The lowest BCUT2D eigenvalue weighted by molar-refractivity contribution is -0.145. The van der Waals surface area contributed by atoms with E-state index in [1.165, 1.54) is 5.56 Å². The van der Waals surface area contributed by atoms with Crippen LogP contribution in [-0.2, 0) is 16.0 Å². The Hall–Kier alpha value is -3.51. The Morgan fingerprint density at radius 2 is 1.75 bits per heavy atom. The van der Waals surface area contributed by atoms with E-state index in [0.29, 0.717) is 0 Å². The second-order valence-corrected chi connectivity index (χ2v) is 8.22. The number of aryl methyl sites for hydroxylation is 1. The molecule has 1 aliphatic rings. The highest BCUT2D eigenvalue weighted by atomic mass is 32.1. The maximum Gasteiger partial charge on any atom is 0.327 e. The molecule has 2 aromatic rings. The summed E-state index contributed by atoms with van der Waals surface area (Å²) >= 11 is 5.30. The Balaban J connectivity index is 1.78. The van der Waals surface area contributed by atoms with Crippen molar-refractivity contribution in [2.45, 2.75) is 33.2 Å². The molecule has 1 atom stereocenters. The molecule has 0 bridgehead atoms. The van der Waals surface area contributed by atoms with Crippen molar-refractivity contribution in [1.82, 2.24) is 10.2 Å². The Bertz CT molecular complexity index is 1120. The third kappa shape index (κ3) is 5.59. The normalized spacial score (nSPS) is 17.0. The highest BCUT2D eigenvalue weighted by Gasteiger charge is 2.39. The molecule has 1 aliphatic heterocycles. The number of aliphatic carboxylic acids is 1. The van der Waals surface area contributed by atoms with Crippen molar-refractivity contribution < 1.29 is 14.7 Å². The largest absolute Gasteiger partial charge is 0.480 e. The van der Waals surface area contributed by atoms with E-state index in [4.69, 9.17) is 12.2 Å². The Kier molecular flexibility index (Phi) is 7.38. The number of carbonyl (C=O) groups is 2. The molecule has 0 spiro atoms. The highest BCUT2D eigenvalue weighted by molar-refractivity contribution is 7.80. The molecule has 3 rings (SSSR count). The average Bonchev–Trinajstić information content (AvgIpc) is 3.04. The van der Waals surface area contributed by atoms with Crippen molar-refractivity contribution in [3.63, 3.8) is 0 Å². The number of hydrogen-bond donors (Lipinski definition) is 2. The standard InChI is InChI=1S/C26H26N2O3S/c1-17-10-13-21(14-11-17)19(3)12-9-18(2)15-22-24(29)28(26(32)27-22)23(25(30)31)16-20-7-5-4-6-8-20/h4-15,23H,16H2,1-3H3,(H,27,32)(H,30,31)/b18-9+,19-12+,22-15+. The van der Waals surface area contributed by atoms with E-state index in [9.17, 15) is 14.7 Å². The van der Waals surface area contributed by atoms with E-state index in [0.717, 1.165) is 27.2 Å². The molecule has 1 saturated heterocycles. The van der Waals surface area contributed by atoms with Crippen LogP contribution in [0, 0.1) is 6.92 Å². The van der Waals surface area contributed by atoms with Crippen LogP contribution in [0.2, 0.25) is 0 Å². The van der Waals surface area contributed by atoms with Crippen molar-refractivity contribution in [2.24, 2.45) is 0 Å². The summed E-state index contributed by atoms with van der Waals surface area (Å²) in [6, 6.07) is 16.4. The quantitative estimate of drug-likeness (QED) is 0.368. The van der Waals surface area contributed by atoms with Crippen LogP contribution in [0.25, 0.3) is 5.57 Å². The zero-order chi connectivity index (χ0) is 23.3. The summed E-state index contributed by atoms with van der Waals surface area (Å²) in [6.45, 7) is 5.96. The van der Waals surface area contributed by atoms with E-state index in [1.807, 2.05) is 63.3 Å². The number of carboxylic acids is 1. The summed E-state index contributed by atoms with van der Waals surface area (Å²) < 4.78 is 0. The minimum atomic E-state index is -1.10. The number of benzene rings is 2. The van der Waals surface area contributed by atoms with Crippen LogP contribution >= 0.6 is 12.2 Å². The topological polar surface area (TPSA) is 69.6 Å². The minimum Gasteiger partial charge on any atom is -0.480 e. The number of carboxylic acid groups (broad SMARTS) is 1. The molecule has 2 N–H and O–H groups in total. The predicted octanol–water partition coefficient (Wildman–Crippen LogP) is 4.64. The monoisotopic (exact) mass is 446 g/mol. The van der Waals surface area contributed by atoms with Crippen molar-refractivity contribution in [3.8, 4) is 0 Å². The zero-order valence-corrected chi connectivity index (χ0v) is 19.1. The maximum absolute atomic E-state index is 13.0. The lowest BCUT2D eigenvalue weighted by Gasteiger charge is -2.22. The number of nitrogens with zero attached hydrogens (tertiary/aromatic N) is 1. The van der Waals surface area contributed by atoms with Gasteiger partial charge in [-0.05, 0) is 61.3 Å². The van der Waals surface area contributed by atoms with E-state index in [-0.39, 0.29) is 17.2 Å². The summed E-state index contributed by atoms with van der Waals surface area (Å²) in [5, 5.41) is 12.7. The summed E-state index contributed by atoms with van der Waals surface area (Å²) in [7, 11) is 0. The van der Waals surface area contributed by atoms with Crippen LogP contribution in [0.4, 0.5) is 0 Å². The van der Waals surface area contributed by atoms with Gasteiger partial charge in [-0.3, -0.25) is 9.69 Å². The second-order valence-electron chi connectivity index (χ2n) is 7.83. The van der Waals surface area contributed by atoms with Crippen molar-refractivity contribution in [2.75, 3.05) is 0 Å². The Labute approximate surface area is 193 Å². The molecule has 1 amide bonds. The average molecular weight is 447 g/mol. The third-order valence-electron chi connectivity index (χ3n) is 5.25. The van der Waals surface area contributed by atoms with Crippen LogP contribution in [0.3, 0.4) is 0 Å². The maximum atomic E-state index is 13.0. The zero-order valence-electron chi connectivity index (χ0n) is 18.3. The van der Waals surface area contributed by atoms with Crippen LogP contribution in [0.15, 0.2) is 84.1 Å². The molecule has 0 saturated carbocycles. The Morgan fingerprint density at radius 3 is 2.38 bits per heavy atom. The van der Waals surface area contributed by atoms with Gasteiger partial charge in [0.25, 0.3) is 5.91 Å².